The molecule has 1 heteroatoms. The molecule has 2 aliphatic rings. The highest BCUT2D eigenvalue weighted by Crippen LogP contribution is 2.37. The molecule has 0 N–H and O–H groups in total. The Kier molecular flexibility index (Phi) is 1.76. The molecule has 3 atom stereocenters. The first-order chi connectivity index (χ1) is 5.27. The average Bonchev–Trinajstić information content (AvgIpc) is 2.32. The van der Waals surface area contributed by atoms with E-state index in [4.69, 9.17) is 4.74 Å². The Morgan fingerprint density at radius 2 is 2.36 bits per heavy atom. The SMILES string of the molecule is CC1=CC2COC(C)C2CC1. The molecule has 1 saturated heterocycles. The maximum Gasteiger partial charge on any atom is 0.0582 e. The molecule has 0 aromatic carbocycles. The minimum Gasteiger partial charge on any atom is -0.378 e. The van der Waals surface area contributed by atoms with Crippen LogP contribution >= 0.6 is 0 Å². The van der Waals surface area contributed by atoms with E-state index < -0.39 is 0 Å². The summed E-state index contributed by atoms with van der Waals surface area (Å²) in [6.45, 7) is 5.40. The van der Waals surface area contributed by atoms with Gasteiger partial charge >= 0.3 is 0 Å². The van der Waals surface area contributed by atoms with Crippen LogP contribution in [0.3, 0.4) is 0 Å². The van der Waals surface area contributed by atoms with Crippen LogP contribution in [-0.2, 0) is 4.74 Å². The number of hydrogen-bond donors (Lipinski definition) is 0. The van der Waals surface area contributed by atoms with Gasteiger partial charge in [0, 0.05) is 5.92 Å². The molecule has 11 heavy (non-hydrogen) atoms. The van der Waals surface area contributed by atoms with Crippen molar-refractivity contribution in [2.75, 3.05) is 6.61 Å². The maximum atomic E-state index is 5.60. The molecule has 3 unspecified atom stereocenters. The molecular weight excluding hydrogens is 136 g/mol. The monoisotopic (exact) mass is 152 g/mol. The van der Waals surface area contributed by atoms with Crippen molar-refractivity contribution in [3.05, 3.63) is 11.6 Å². The smallest absolute Gasteiger partial charge is 0.0582 e. The lowest BCUT2D eigenvalue weighted by Gasteiger charge is -2.23. The number of hydrogen-bond acceptors (Lipinski definition) is 1. The van der Waals surface area contributed by atoms with Gasteiger partial charge in [0.2, 0.25) is 0 Å². The molecule has 0 radical (unpaired) electrons. The summed E-state index contributed by atoms with van der Waals surface area (Å²) < 4.78 is 5.60. The topological polar surface area (TPSA) is 9.23 Å². The molecule has 0 spiro atoms. The van der Waals surface area contributed by atoms with Crippen molar-refractivity contribution < 1.29 is 4.74 Å². The molecule has 1 heterocycles. The summed E-state index contributed by atoms with van der Waals surface area (Å²) in [5.74, 6) is 1.55. The van der Waals surface area contributed by atoms with Gasteiger partial charge < -0.3 is 4.74 Å². The van der Waals surface area contributed by atoms with Crippen LogP contribution in [0.2, 0.25) is 0 Å². The summed E-state index contributed by atoms with van der Waals surface area (Å²) in [6.07, 6.45) is 5.55. The first-order valence-electron chi connectivity index (χ1n) is 4.56. The third-order valence-corrected chi connectivity index (χ3v) is 3.08. The zero-order valence-electron chi connectivity index (χ0n) is 7.34. The van der Waals surface area contributed by atoms with Crippen LogP contribution in [0.1, 0.15) is 26.7 Å². The number of ether oxygens (including phenoxy) is 1. The van der Waals surface area contributed by atoms with Gasteiger partial charge in [-0.3, -0.25) is 0 Å². The van der Waals surface area contributed by atoms with E-state index in [0.29, 0.717) is 6.10 Å². The standard InChI is InChI=1S/C10H16O/c1-7-3-4-10-8(2)11-6-9(10)5-7/h5,8-10H,3-4,6H2,1-2H3. The second kappa shape index (κ2) is 2.63. The van der Waals surface area contributed by atoms with E-state index in [1.165, 1.54) is 12.8 Å². The van der Waals surface area contributed by atoms with Crippen LogP contribution in [0, 0.1) is 11.8 Å². The molecule has 62 valence electrons. The van der Waals surface area contributed by atoms with Crippen LogP contribution in [0.15, 0.2) is 11.6 Å². The predicted octanol–water partition coefficient (Wildman–Crippen LogP) is 2.38. The molecular formula is C10H16O. The number of fused-ring (bicyclic) bond motifs is 1. The van der Waals surface area contributed by atoms with Gasteiger partial charge in [-0.15, -0.1) is 0 Å². The average molecular weight is 152 g/mol. The zero-order chi connectivity index (χ0) is 7.84. The van der Waals surface area contributed by atoms with E-state index in [1.807, 2.05) is 0 Å². The summed E-state index contributed by atoms with van der Waals surface area (Å²) in [4.78, 5) is 0. The van der Waals surface area contributed by atoms with Gasteiger partial charge in [0.25, 0.3) is 0 Å². The van der Waals surface area contributed by atoms with Gasteiger partial charge in [0.05, 0.1) is 12.7 Å². The Bertz CT molecular complexity index is 183. The summed E-state index contributed by atoms with van der Waals surface area (Å²) in [5.41, 5.74) is 1.56. The lowest BCUT2D eigenvalue weighted by Crippen LogP contribution is -2.19. The molecule has 2 rings (SSSR count). The normalized spacial score (nSPS) is 43.5. The van der Waals surface area contributed by atoms with Crippen molar-refractivity contribution in [1.82, 2.24) is 0 Å². The van der Waals surface area contributed by atoms with E-state index in [1.54, 1.807) is 5.57 Å². The van der Waals surface area contributed by atoms with Crippen molar-refractivity contribution in [3.63, 3.8) is 0 Å². The van der Waals surface area contributed by atoms with Gasteiger partial charge in [-0.1, -0.05) is 11.6 Å². The fourth-order valence-corrected chi connectivity index (χ4v) is 2.32. The fourth-order valence-electron chi connectivity index (χ4n) is 2.32. The van der Waals surface area contributed by atoms with Gasteiger partial charge in [0.1, 0.15) is 0 Å². The van der Waals surface area contributed by atoms with Crippen molar-refractivity contribution in [2.24, 2.45) is 11.8 Å². The lowest BCUT2D eigenvalue weighted by atomic mass is 9.81. The van der Waals surface area contributed by atoms with Crippen molar-refractivity contribution in [2.45, 2.75) is 32.8 Å². The van der Waals surface area contributed by atoms with E-state index >= 15 is 0 Å². The quantitative estimate of drug-likeness (QED) is 0.484. The minimum atomic E-state index is 0.504. The van der Waals surface area contributed by atoms with Crippen molar-refractivity contribution in [1.29, 1.82) is 0 Å². The Balaban J connectivity index is 2.14. The molecule has 0 amide bonds. The van der Waals surface area contributed by atoms with Gasteiger partial charge in [-0.2, -0.15) is 0 Å². The minimum absolute atomic E-state index is 0.504. The maximum absolute atomic E-state index is 5.60. The largest absolute Gasteiger partial charge is 0.378 e. The number of rotatable bonds is 0. The van der Waals surface area contributed by atoms with Crippen molar-refractivity contribution in [3.8, 4) is 0 Å². The first-order valence-corrected chi connectivity index (χ1v) is 4.56. The second-order valence-electron chi connectivity index (χ2n) is 3.92. The van der Waals surface area contributed by atoms with Crippen molar-refractivity contribution >= 4 is 0 Å². The zero-order valence-corrected chi connectivity index (χ0v) is 7.34. The number of allylic oxidation sites excluding steroid dienone is 1. The molecule has 0 bridgehead atoms. The summed E-state index contributed by atoms with van der Waals surface area (Å²) in [6, 6.07) is 0. The van der Waals surface area contributed by atoms with E-state index in [9.17, 15) is 0 Å². The highest BCUT2D eigenvalue weighted by atomic mass is 16.5. The lowest BCUT2D eigenvalue weighted by molar-refractivity contribution is 0.104. The van der Waals surface area contributed by atoms with Gasteiger partial charge in [-0.05, 0) is 32.6 Å². The highest BCUT2D eigenvalue weighted by Gasteiger charge is 2.34. The van der Waals surface area contributed by atoms with Crippen LogP contribution in [0.4, 0.5) is 0 Å². The van der Waals surface area contributed by atoms with Gasteiger partial charge in [0.15, 0.2) is 0 Å². The second-order valence-corrected chi connectivity index (χ2v) is 3.92. The molecule has 1 aliphatic heterocycles. The Labute approximate surface area is 68.4 Å². The molecule has 1 fully saturated rings. The third kappa shape index (κ3) is 1.22. The van der Waals surface area contributed by atoms with Crippen LogP contribution < -0.4 is 0 Å². The third-order valence-electron chi connectivity index (χ3n) is 3.08. The van der Waals surface area contributed by atoms with Crippen LogP contribution in [0.25, 0.3) is 0 Å². The Morgan fingerprint density at radius 1 is 1.55 bits per heavy atom. The molecule has 0 saturated carbocycles. The molecule has 1 aliphatic carbocycles. The van der Waals surface area contributed by atoms with E-state index in [-0.39, 0.29) is 0 Å². The van der Waals surface area contributed by atoms with E-state index in [2.05, 4.69) is 19.9 Å². The fraction of sp³-hybridized carbons (Fsp3) is 0.800. The van der Waals surface area contributed by atoms with E-state index in [0.717, 1.165) is 18.4 Å². The van der Waals surface area contributed by atoms with Crippen LogP contribution in [-0.4, -0.2) is 12.7 Å². The molecule has 0 aromatic rings. The summed E-state index contributed by atoms with van der Waals surface area (Å²) >= 11 is 0. The first kappa shape index (κ1) is 7.35. The van der Waals surface area contributed by atoms with Crippen LogP contribution in [0.5, 0.6) is 0 Å². The Morgan fingerprint density at radius 3 is 3.18 bits per heavy atom. The molecule has 1 nitrogen and oxygen atoms in total. The summed E-state index contributed by atoms with van der Waals surface area (Å²) in [7, 11) is 0. The Hall–Kier alpha value is -0.300. The molecule has 0 aromatic heterocycles. The highest BCUT2D eigenvalue weighted by molar-refractivity contribution is 5.09. The van der Waals surface area contributed by atoms with Gasteiger partial charge in [-0.25, -0.2) is 0 Å². The predicted molar refractivity (Wildman–Crippen MR) is 45.4 cm³/mol. The summed E-state index contributed by atoms with van der Waals surface area (Å²) in [5, 5.41) is 0.